The van der Waals surface area contributed by atoms with Crippen LogP contribution in [0.3, 0.4) is 0 Å². The number of rotatable bonds is 6. The molecule has 3 N–H and O–H groups in total. The fourth-order valence-electron chi connectivity index (χ4n) is 3.40. The molecule has 10 heteroatoms. The molecule has 4 rings (SSSR count). The number of carbonyl (C=O) groups is 1. The lowest BCUT2D eigenvalue weighted by Crippen LogP contribution is -2.20. The third-order valence-electron chi connectivity index (χ3n) is 4.90. The molecule has 2 heterocycles. The summed E-state index contributed by atoms with van der Waals surface area (Å²) in [6.45, 7) is -0.0306. The summed E-state index contributed by atoms with van der Waals surface area (Å²) in [6, 6.07) is 9.82. The van der Waals surface area contributed by atoms with E-state index >= 15 is 0 Å². The van der Waals surface area contributed by atoms with E-state index in [0.29, 0.717) is 26.5 Å². The molecule has 0 saturated carbocycles. The van der Waals surface area contributed by atoms with Crippen molar-refractivity contribution in [3.63, 3.8) is 0 Å². The molecule has 0 fully saturated rings. The van der Waals surface area contributed by atoms with E-state index in [-0.39, 0.29) is 18.4 Å². The van der Waals surface area contributed by atoms with Gasteiger partial charge >= 0.3 is 0 Å². The lowest BCUT2D eigenvalue weighted by atomic mass is 9.96. The van der Waals surface area contributed by atoms with Crippen LogP contribution >= 0.6 is 34.7 Å². The Balaban J connectivity index is 1.47. The van der Waals surface area contributed by atoms with Crippen molar-refractivity contribution in [2.75, 3.05) is 11.1 Å². The van der Waals surface area contributed by atoms with Gasteiger partial charge in [0.25, 0.3) is 0 Å². The predicted molar refractivity (Wildman–Crippen MR) is 120 cm³/mol. The van der Waals surface area contributed by atoms with E-state index < -0.39 is 0 Å². The van der Waals surface area contributed by atoms with E-state index in [9.17, 15) is 10.1 Å². The van der Waals surface area contributed by atoms with Crippen LogP contribution in [0.5, 0.6) is 0 Å². The van der Waals surface area contributed by atoms with Gasteiger partial charge in [-0.2, -0.15) is 5.26 Å². The van der Waals surface area contributed by atoms with Crippen molar-refractivity contribution >= 4 is 51.6 Å². The molecule has 154 valence electrons. The second-order valence-corrected chi connectivity index (χ2v) is 9.34. The van der Waals surface area contributed by atoms with Crippen LogP contribution < -0.4 is 11.1 Å². The van der Waals surface area contributed by atoms with Crippen LogP contribution in [0, 0.1) is 11.3 Å². The molecule has 1 amide bonds. The highest BCUT2D eigenvalue weighted by atomic mass is 35.5. The van der Waals surface area contributed by atoms with Gasteiger partial charge in [-0.15, -0.1) is 21.5 Å². The van der Waals surface area contributed by atoms with Crippen LogP contribution in [-0.4, -0.2) is 20.7 Å². The number of nitriles is 1. The quantitative estimate of drug-likeness (QED) is 0.534. The molecule has 0 bridgehead atoms. The number of carbonyl (C=O) groups excluding carboxylic acids is 1. The van der Waals surface area contributed by atoms with Gasteiger partial charge in [0, 0.05) is 15.7 Å². The first-order valence-electron chi connectivity index (χ1n) is 9.46. The number of nitrogens with one attached hydrogen (secondary N) is 1. The molecule has 2 aromatic heterocycles. The zero-order chi connectivity index (χ0) is 21.1. The average Bonchev–Trinajstić information content (AvgIpc) is 3.27. The number of aryl methyl sites for hydroxylation is 1. The second-order valence-electron chi connectivity index (χ2n) is 6.88. The van der Waals surface area contributed by atoms with Crippen molar-refractivity contribution in [1.29, 1.82) is 5.26 Å². The standard InChI is InChI=1S/C20H19ClN6OS2/c21-15-7-3-1-5-12(15)11-29-20-26-25-19(23)27(20)10-17(28)24-18-14(9-22)13-6-2-4-8-16(13)30-18/h1,3,5,7H,2,4,6,8,10-11H2,(H2,23,25)(H,24,28). The maximum atomic E-state index is 12.7. The molecular formula is C20H19ClN6OS2. The van der Waals surface area contributed by atoms with Crippen molar-refractivity contribution in [1.82, 2.24) is 14.8 Å². The average molecular weight is 459 g/mol. The van der Waals surface area contributed by atoms with Gasteiger partial charge in [-0.05, 0) is 42.9 Å². The number of aromatic nitrogens is 3. The minimum Gasteiger partial charge on any atom is -0.368 e. The largest absolute Gasteiger partial charge is 0.368 e. The number of hydrogen-bond acceptors (Lipinski definition) is 7. The smallest absolute Gasteiger partial charge is 0.245 e. The maximum Gasteiger partial charge on any atom is 0.245 e. The van der Waals surface area contributed by atoms with Gasteiger partial charge in [0.1, 0.15) is 17.6 Å². The Kier molecular flexibility index (Phi) is 6.27. The van der Waals surface area contributed by atoms with E-state index in [1.807, 2.05) is 24.3 Å². The van der Waals surface area contributed by atoms with Crippen LogP contribution in [-0.2, 0) is 29.9 Å². The molecule has 1 aliphatic rings. The summed E-state index contributed by atoms with van der Waals surface area (Å²) >= 11 is 9.12. The molecule has 0 radical (unpaired) electrons. The molecule has 1 aromatic carbocycles. The molecule has 7 nitrogen and oxygen atoms in total. The van der Waals surface area contributed by atoms with Gasteiger partial charge in [-0.3, -0.25) is 9.36 Å². The first-order chi connectivity index (χ1) is 14.6. The fraction of sp³-hybridized carbons (Fsp3) is 0.300. The van der Waals surface area contributed by atoms with Gasteiger partial charge in [0.05, 0.1) is 5.56 Å². The summed E-state index contributed by atoms with van der Waals surface area (Å²) in [5, 5.41) is 22.3. The Labute approximate surface area is 187 Å². The monoisotopic (exact) mass is 458 g/mol. The lowest BCUT2D eigenvalue weighted by Gasteiger charge is -2.10. The Morgan fingerprint density at radius 1 is 1.33 bits per heavy atom. The third kappa shape index (κ3) is 4.31. The number of fused-ring (bicyclic) bond motifs is 1. The SMILES string of the molecule is N#Cc1c(NC(=O)Cn2c(N)nnc2SCc2ccccc2Cl)sc2c1CCCC2. The molecule has 0 atom stereocenters. The van der Waals surface area contributed by atoms with Gasteiger partial charge < -0.3 is 11.1 Å². The van der Waals surface area contributed by atoms with Crippen LogP contribution in [0.1, 0.15) is 34.4 Å². The summed E-state index contributed by atoms with van der Waals surface area (Å²) in [7, 11) is 0. The van der Waals surface area contributed by atoms with E-state index in [4.69, 9.17) is 17.3 Å². The lowest BCUT2D eigenvalue weighted by molar-refractivity contribution is -0.116. The Morgan fingerprint density at radius 3 is 2.93 bits per heavy atom. The van der Waals surface area contributed by atoms with E-state index in [0.717, 1.165) is 36.8 Å². The molecule has 3 aromatic rings. The molecule has 30 heavy (non-hydrogen) atoms. The highest BCUT2D eigenvalue weighted by Crippen LogP contribution is 2.37. The molecule has 0 aliphatic heterocycles. The number of thioether (sulfide) groups is 1. The summed E-state index contributed by atoms with van der Waals surface area (Å²) in [5.74, 6) is 0.476. The first-order valence-corrected chi connectivity index (χ1v) is 11.6. The van der Waals surface area contributed by atoms with Crippen LogP contribution in [0.2, 0.25) is 5.02 Å². The summed E-state index contributed by atoms with van der Waals surface area (Å²) in [4.78, 5) is 13.9. The molecule has 0 unspecified atom stereocenters. The maximum absolute atomic E-state index is 12.7. The number of halogens is 1. The Morgan fingerprint density at radius 2 is 2.13 bits per heavy atom. The number of thiophene rings is 1. The van der Waals surface area contributed by atoms with Crippen molar-refractivity contribution in [3.05, 3.63) is 50.9 Å². The number of anilines is 2. The predicted octanol–water partition coefficient (Wildman–Crippen LogP) is 4.26. The number of benzene rings is 1. The second kappa shape index (κ2) is 9.08. The molecule has 0 saturated heterocycles. The Bertz CT molecular complexity index is 1130. The fourth-order valence-corrected chi connectivity index (χ4v) is 5.88. The van der Waals surface area contributed by atoms with Crippen molar-refractivity contribution in [3.8, 4) is 6.07 Å². The first kappa shape index (κ1) is 20.7. The topological polar surface area (TPSA) is 110 Å². The summed E-state index contributed by atoms with van der Waals surface area (Å²) in [6.07, 6.45) is 4.06. The zero-order valence-corrected chi connectivity index (χ0v) is 18.4. The van der Waals surface area contributed by atoms with Gasteiger partial charge in [0.15, 0.2) is 5.16 Å². The summed E-state index contributed by atoms with van der Waals surface area (Å²) < 4.78 is 1.57. The molecule has 0 spiro atoms. The number of amides is 1. The number of nitrogens with zero attached hydrogens (tertiary/aromatic N) is 4. The van der Waals surface area contributed by atoms with E-state index in [1.165, 1.54) is 28.0 Å². The number of nitrogens with two attached hydrogens (primary N) is 1. The minimum atomic E-state index is -0.267. The third-order valence-corrected chi connectivity index (χ3v) is 7.49. The highest BCUT2D eigenvalue weighted by Gasteiger charge is 2.22. The normalized spacial score (nSPS) is 12.9. The number of nitrogen functional groups attached to an aromatic ring is 1. The summed E-state index contributed by atoms with van der Waals surface area (Å²) in [5.41, 5.74) is 8.58. The zero-order valence-electron chi connectivity index (χ0n) is 16.0. The van der Waals surface area contributed by atoms with E-state index in [2.05, 4.69) is 21.6 Å². The van der Waals surface area contributed by atoms with Crippen LogP contribution in [0.25, 0.3) is 0 Å². The minimum absolute atomic E-state index is 0.0306. The van der Waals surface area contributed by atoms with Crippen LogP contribution in [0.15, 0.2) is 29.4 Å². The van der Waals surface area contributed by atoms with Crippen LogP contribution in [0.4, 0.5) is 10.9 Å². The Hall–Kier alpha value is -2.54. The van der Waals surface area contributed by atoms with Gasteiger partial charge in [-0.1, -0.05) is 41.6 Å². The molecule has 1 aliphatic carbocycles. The van der Waals surface area contributed by atoms with Crippen molar-refractivity contribution < 1.29 is 4.79 Å². The highest BCUT2D eigenvalue weighted by molar-refractivity contribution is 7.98. The van der Waals surface area contributed by atoms with Crippen molar-refractivity contribution in [2.45, 2.75) is 43.1 Å². The molecular weight excluding hydrogens is 440 g/mol. The van der Waals surface area contributed by atoms with Crippen molar-refractivity contribution in [2.24, 2.45) is 0 Å². The number of hydrogen-bond donors (Lipinski definition) is 2. The van der Waals surface area contributed by atoms with E-state index in [1.54, 1.807) is 4.57 Å². The van der Waals surface area contributed by atoms with Gasteiger partial charge in [-0.25, -0.2) is 0 Å². The van der Waals surface area contributed by atoms with Gasteiger partial charge in [0.2, 0.25) is 11.9 Å².